The lowest BCUT2D eigenvalue weighted by atomic mass is 9.85. The number of halogens is 2. The first-order valence-electron chi connectivity index (χ1n) is 13.0. The molecule has 6 rings (SSSR count). The Hall–Kier alpha value is -3.73. The fourth-order valence-electron chi connectivity index (χ4n) is 5.06. The van der Waals surface area contributed by atoms with Gasteiger partial charge in [0.05, 0.1) is 33.5 Å². The van der Waals surface area contributed by atoms with E-state index in [1.807, 2.05) is 19.2 Å². The van der Waals surface area contributed by atoms with Crippen LogP contribution in [0.15, 0.2) is 55.1 Å². The molecule has 1 saturated heterocycles. The number of anilines is 2. The van der Waals surface area contributed by atoms with Gasteiger partial charge in [0.2, 0.25) is 0 Å². The predicted molar refractivity (Wildman–Crippen MR) is 155 cm³/mol. The Balaban J connectivity index is 1.10. The minimum Gasteiger partial charge on any atom is -0.486 e. The Morgan fingerprint density at radius 1 is 1.12 bits per heavy atom. The van der Waals surface area contributed by atoms with E-state index in [-0.39, 0.29) is 11.3 Å². The van der Waals surface area contributed by atoms with E-state index in [1.165, 1.54) is 25.2 Å². The standard InChI is InChI=1S/C28H29Cl2N9O/c1-16(26-21(29)11-34-12-22(26)30)40-19-4-5-23(31)20(8-19)27(32)24-6-7-25(37-36-24)38-14-28(33,15-38)9-17-10-35-39(13-17)18-2-3-18/h4-8,10-13,16,18,32H,2-3,9,14-15,31,33H2,1H3/t16-/m1/s1. The smallest absolute Gasteiger partial charge is 0.151 e. The Morgan fingerprint density at radius 3 is 2.55 bits per heavy atom. The monoisotopic (exact) mass is 577 g/mol. The molecule has 206 valence electrons. The minimum absolute atomic E-state index is 0.138. The molecular formula is C28H29Cl2N9O. The molecule has 4 aromatic rings. The topological polar surface area (TPSA) is 145 Å². The van der Waals surface area contributed by atoms with Gasteiger partial charge < -0.3 is 21.1 Å². The van der Waals surface area contributed by atoms with Gasteiger partial charge in [0, 0.05) is 48.5 Å². The molecular weight excluding hydrogens is 549 g/mol. The molecule has 12 heteroatoms. The molecule has 2 fully saturated rings. The molecule has 1 aliphatic heterocycles. The predicted octanol–water partition coefficient (Wildman–Crippen LogP) is 4.61. The van der Waals surface area contributed by atoms with Crippen LogP contribution in [0.25, 0.3) is 0 Å². The summed E-state index contributed by atoms with van der Waals surface area (Å²) in [5.41, 5.74) is 15.8. The third-order valence-electron chi connectivity index (χ3n) is 7.28. The van der Waals surface area contributed by atoms with Crippen LogP contribution >= 0.6 is 23.2 Å². The molecule has 0 unspecified atom stereocenters. The highest BCUT2D eigenvalue weighted by Crippen LogP contribution is 2.35. The lowest BCUT2D eigenvalue weighted by Gasteiger charge is -2.48. The first-order valence-corrected chi connectivity index (χ1v) is 13.8. The molecule has 0 spiro atoms. The van der Waals surface area contributed by atoms with Crippen molar-refractivity contribution in [1.29, 1.82) is 5.41 Å². The van der Waals surface area contributed by atoms with Crippen LogP contribution in [0.2, 0.25) is 10.0 Å². The highest BCUT2D eigenvalue weighted by atomic mass is 35.5. The SMILES string of the molecule is C[C@@H](Oc1ccc(N)c(C(=N)c2ccc(N3CC(N)(Cc4cnn(C5CC5)c4)C3)nn2)c1)c1c(Cl)cncc1Cl. The molecule has 0 radical (unpaired) electrons. The Kier molecular flexibility index (Phi) is 6.85. The van der Waals surface area contributed by atoms with Crippen molar-refractivity contribution in [2.75, 3.05) is 23.7 Å². The molecule has 10 nitrogen and oxygen atoms in total. The summed E-state index contributed by atoms with van der Waals surface area (Å²) < 4.78 is 8.14. The number of nitrogens with zero attached hydrogens (tertiary/aromatic N) is 6. The van der Waals surface area contributed by atoms with E-state index in [0.717, 1.165) is 17.8 Å². The van der Waals surface area contributed by atoms with E-state index in [4.69, 9.17) is 44.8 Å². The lowest BCUT2D eigenvalue weighted by molar-refractivity contribution is 0.227. The molecule has 2 aliphatic rings. The Labute approximate surface area is 241 Å². The fourth-order valence-corrected chi connectivity index (χ4v) is 5.74. The van der Waals surface area contributed by atoms with Gasteiger partial charge in [0.1, 0.15) is 17.5 Å². The maximum atomic E-state index is 8.75. The first-order chi connectivity index (χ1) is 19.2. The highest BCUT2D eigenvalue weighted by molar-refractivity contribution is 6.35. The van der Waals surface area contributed by atoms with Gasteiger partial charge in [-0.1, -0.05) is 23.2 Å². The van der Waals surface area contributed by atoms with Crippen LogP contribution in [0.5, 0.6) is 5.75 Å². The van der Waals surface area contributed by atoms with Gasteiger partial charge in [-0.05, 0) is 62.1 Å². The summed E-state index contributed by atoms with van der Waals surface area (Å²) >= 11 is 12.6. The highest BCUT2D eigenvalue weighted by Gasteiger charge is 2.41. The molecule has 3 aromatic heterocycles. The van der Waals surface area contributed by atoms with E-state index in [9.17, 15) is 0 Å². The summed E-state index contributed by atoms with van der Waals surface area (Å²) in [5, 5.41) is 22.7. The van der Waals surface area contributed by atoms with Gasteiger partial charge in [-0.25, -0.2) is 0 Å². The summed E-state index contributed by atoms with van der Waals surface area (Å²) in [6.07, 6.45) is 9.81. The Morgan fingerprint density at radius 2 is 1.88 bits per heavy atom. The van der Waals surface area contributed by atoms with Crippen molar-refractivity contribution < 1.29 is 4.74 Å². The van der Waals surface area contributed by atoms with Crippen molar-refractivity contribution in [3.63, 3.8) is 0 Å². The number of hydrogen-bond donors (Lipinski definition) is 3. The van der Waals surface area contributed by atoms with Crippen LogP contribution < -0.4 is 21.1 Å². The summed E-state index contributed by atoms with van der Waals surface area (Å²) in [6.45, 7) is 3.18. The van der Waals surface area contributed by atoms with E-state index in [0.29, 0.717) is 57.4 Å². The second-order valence-corrected chi connectivity index (χ2v) is 11.4. The lowest BCUT2D eigenvalue weighted by Crippen LogP contribution is -2.68. The van der Waals surface area contributed by atoms with Crippen LogP contribution in [0, 0.1) is 5.41 Å². The van der Waals surface area contributed by atoms with Gasteiger partial charge in [0.25, 0.3) is 0 Å². The number of hydrogen-bond acceptors (Lipinski definition) is 9. The van der Waals surface area contributed by atoms with Crippen molar-refractivity contribution in [3.8, 4) is 5.75 Å². The summed E-state index contributed by atoms with van der Waals surface area (Å²) in [7, 11) is 0. The van der Waals surface area contributed by atoms with Gasteiger partial charge in [0.15, 0.2) is 5.82 Å². The number of nitrogens with one attached hydrogen (secondary N) is 1. The second kappa shape index (κ2) is 10.3. The van der Waals surface area contributed by atoms with Crippen LogP contribution in [-0.2, 0) is 6.42 Å². The van der Waals surface area contributed by atoms with E-state index < -0.39 is 6.10 Å². The number of pyridine rings is 1. The van der Waals surface area contributed by atoms with Gasteiger partial charge in [-0.3, -0.25) is 15.1 Å². The van der Waals surface area contributed by atoms with Crippen LogP contribution in [0.1, 0.15) is 54.3 Å². The number of rotatable bonds is 9. The normalized spacial score (nSPS) is 16.9. The molecule has 40 heavy (non-hydrogen) atoms. The number of aromatic nitrogens is 5. The van der Waals surface area contributed by atoms with Crippen molar-refractivity contribution in [2.45, 2.75) is 43.9 Å². The Bertz CT molecular complexity index is 1540. The number of benzene rings is 1. The number of ether oxygens (including phenoxy) is 1. The van der Waals surface area contributed by atoms with E-state index in [2.05, 4.69) is 36.1 Å². The zero-order valence-corrected chi connectivity index (χ0v) is 23.4. The van der Waals surface area contributed by atoms with Crippen molar-refractivity contribution in [3.05, 3.63) is 87.5 Å². The molecule has 0 bridgehead atoms. The average molecular weight is 579 g/mol. The van der Waals surface area contributed by atoms with Gasteiger partial charge >= 0.3 is 0 Å². The van der Waals surface area contributed by atoms with Crippen molar-refractivity contribution >= 4 is 40.4 Å². The quantitative estimate of drug-likeness (QED) is 0.193. The van der Waals surface area contributed by atoms with Gasteiger partial charge in [-0.15, -0.1) is 10.2 Å². The molecule has 5 N–H and O–H groups in total. The van der Waals surface area contributed by atoms with Crippen molar-refractivity contribution in [2.24, 2.45) is 5.73 Å². The van der Waals surface area contributed by atoms with Gasteiger partial charge in [-0.2, -0.15) is 5.10 Å². The maximum Gasteiger partial charge on any atom is 0.151 e. The van der Waals surface area contributed by atoms with E-state index in [1.54, 1.807) is 24.3 Å². The average Bonchev–Trinajstić information content (AvgIpc) is 3.66. The minimum atomic E-state index is -0.451. The number of nitrogen functional groups attached to an aromatic ring is 1. The largest absolute Gasteiger partial charge is 0.486 e. The maximum absolute atomic E-state index is 8.75. The second-order valence-electron chi connectivity index (χ2n) is 10.6. The summed E-state index contributed by atoms with van der Waals surface area (Å²) in [6, 6.07) is 9.32. The van der Waals surface area contributed by atoms with Crippen LogP contribution in [0.3, 0.4) is 0 Å². The molecule has 0 amide bonds. The molecule has 1 aliphatic carbocycles. The fraction of sp³-hybridized carbons (Fsp3) is 0.321. The first kappa shape index (κ1) is 26.5. The molecule has 1 saturated carbocycles. The zero-order valence-electron chi connectivity index (χ0n) is 21.9. The van der Waals surface area contributed by atoms with Crippen LogP contribution in [0.4, 0.5) is 11.5 Å². The van der Waals surface area contributed by atoms with Crippen LogP contribution in [-0.4, -0.2) is 49.3 Å². The third kappa shape index (κ3) is 5.34. The third-order valence-corrected chi connectivity index (χ3v) is 7.88. The molecule has 4 heterocycles. The van der Waals surface area contributed by atoms with E-state index >= 15 is 0 Å². The molecule has 1 atom stereocenters. The number of nitrogens with two attached hydrogens (primary N) is 2. The zero-order chi connectivity index (χ0) is 28.0. The van der Waals surface area contributed by atoms with Crippen molar-refractivity contribution in [1.82, 2.24) is 25.0 Å². The molecule has 1 aromatic carbocycles. The summed E-state index contributed by atoms with van der Waals surface area (Å²) in [4.78, 5) is 6.07. The summed E-state index contributed by atoms with van der Waals surface area (Å²) in [5.74, 6) is 1.23.